The number of Topliss-reactive ketones (excluding diaryl/α,β-unsaturated/α-hetero) is 2. The van der Waals surface area contributed by atoms with Crippen molar-refractivity contribution in [3.8, 4) is 11.1 Å². The topological polar surface area (TPSA) is 136 Å². The van der Waals surface area contributed by atoms with E-state index in [-0.39, 0.29) is 61.0 Å². The maximum absolute atomic E-state index is 12.7. The number of hydrogen-bond donors (Lipinski definition) is 3. The predicted octanol–water partition coefficient (Wildman–Crippen LogP) is 4.75. The molecule has 2 aromatic rings. The molecule has 0 aromatic heterocycles. The van der Waals surface area contributed by atoms with E-state index >= 15 is 0 Å². The highest BCUT2D eigenvalue weighted by Crippen LogP contribution is 2.44. The number of rotatable bonds is 9. The summed E-state index contributed by atoms with van der Waals surface area (Å²) in [6.45, 7) is 5.62. The lowest BCUT2D eigenvalue weighted by Gasteiger charge is -2.33. The van der Waals surface area contributed by atoms with Crippen LogP contribution in [0, 0.1) is 5.41 Å². The summed E-state index contributed by atoms with van der Waals surface area (Å²) in [5, 5.41) is 12.6. The number of ketones is 2. The largest absolute Gasteiger partial charge is 0.480 e. The van der Waals surface area contributed by atoms with Crippen LogP contribution in [0.25, 0.3) is 11.1 Å². The van der Waals surface area contributed by atoms with Crippen LogP contribution in [-0.4, -0.2) is 47.4 Å². The van der Waals surface area contributed by atoms with Crippen molar-refractivity contribution in [1.29, 1.82) is 0 Å². The van der Waals surface area contributed by atoms with Gasteiger partial charge < -0.3 is 20.9 Å². The second-order valence-corrected chi connectivity index (χ2v) is 11.4. The Labute approximate surface area is 228 Å². The number of amides is 1. The van der Waals surface area contributed by atoms with Gasteiger partial charge in [-0.2, -0.15) is 0 Å². The number of carbonyl (C=O) groups is 4. The van der Waals surface area contributed by atoms with E-state index in [1.807, 2.05) is 38.1 Å². The molecule has 8 heteroatoms. The lowest BCUT2D eigenvalue weighted by molar-refractivity contribution is -0.142. The molecule has 4 N–H and O–H groups in total. The van der Waals surface area contributed by atoms with Crippen LogP contribution in [0.4, 0.5) is 4.79 Å². The molecule has 0 aliphatic heterocycles. The van der Waals surface area contributed by atoms with Crippen molar-refractivity contribution in [3.63, 3.8) is 0 Å². The molecule has 0 spiro atoms. The second-order valence-electron chi connectivity index (χ2n) is 11.4. The Hall–Kier alpha value is -3.78. The zero-order valence-electron chi connectivity index (χ0n) is 22.7. The molecule has 0 radical (unpaired) electrons. The minimum atomic E-state index is -1.84. The lowest BCUT2D eigenvalue weighted by Crippen LogP contribution is -2.51. The normalized spacial score (nSPS) is 17.7. The fraction of sp³-hybridized carbons (Fsp3) is 0.419. The van der Waals surface area contributed by atoms with Crippen LogP contribution in [0.15, 0.2) is 59.7 Å². The molecule has 0 saturated heterocycles. The third-order valence-corrected chi connectivity index (χ3v) is 7.87. The molecular weight excluding hydrogens is 496 g/mol. The van der Waals surface area contributed by atoms with Crippen LogP contribution in [0.3, 0.4) is 0 Å². The molecule has 4 rings (SSSR count). The summed E-state index contributed by atoms with van der Waals surface area (Å²) in [6.07, 6.45) is 0.636. The Morgan fingerprint density at radius 1 is 1.00 bits per heavy atom. The number of allylic oxidation sites excluding steroid dienone is 1. The first-order valence-corrected chi connectivity index (χ1v) is 13.3. The SMILES string of the molecule is CC(=C1C(=O)CC(C)(C)CC1=O)[C@](N)(CCCCNC(=O)OCC1c2ccccc2-c2ccccc21)C(=O)O. The van der Waals surface area contributed by atoms with E-state index in [2.05, 4.69) is 29.6 Å². The summed E-state index contributed by atoms with van der Waals surface area (Å²) in [5.74, 6) is -2.05. The van der Waals surface area contributed by atoms with Gasteiger partial charge in [0.15, 0.2) is 11.6 Å². The molecule has 0 unspecified atom stereocenters. The maximum Gasteiger partial charge on any atom is 0.407 e. The molecule has 2 aliphatic rings. The Morgan fingerprint density at radius 2 is 1.54 bits per heavy atom. The molecule has 206 valence electrons. The monoisotopic (exact) mass is 532 g/mol. The molecule has 0 bridgehead atoms. The quantitative estimate of drug-likeness (QED) is 0.241. The average Bonchev–Trinajstić information content (AvgIpc) is 3.19. The highest BCUT2D eigenvalue weighted by Gasteiger charge is 2.43. The second kappa shape index (κ2) is 11.1. The molecule has 1 atom stereocenters. The number of hydrogen-bond acceptors (Lipinski definition) is 6. The number of ether oxygens (including phenoxy) is 1. The van der Waals surface area contributed by atoms with Crippen molar-refractivity contribution in [2.24, 2.45) is 11.1 Å². The van der Waals surface area contributed by atoms with Gasteiger partial charge in [0, 0.05) is 25.3 Å². The van der Waals surface area contributed by atoms with Crippen molar-refractivity contribution in [2.45, 2.75) is 64.3 Å². The van der Waals surface area contributed by atoms with Crippen molar-refractivity contribution >= 4 is 23.6 Å². The van der Waals surface area contributed by atoms with Gasteiger partial charge in [-0.1, -0.05) is 62.4 Å². The van der Waals surface area contributed by atoms with Crippen LogP contribution in [0.5, 0.6) is 0 Å². The summed E-state index contributed by atoms with van der Waals surface area (Å²) >= 11 is 0. The number of alkyl carbamates (subject to hydrolysis) is 1. The van der Waals surface area contributed by atoms with E-state index in [0.717, 1.165) is 22.3 Å². The number of carboxylic acid groups (broad SMARTS) is 1. The Balaban J connectivity index is 1.29. The number of fused-ring (bicyclic) bond motifs is 3. The summed E-state index contributed by atoms with van der Waals surface area (Å²) in [5.41, 5.74) is 8.56. The molecule has 0 heterocycles. The van der Waals surface area contributed by atoms with Crippen LogP contribution in [-0.2, 0) is 19.1 Å². The van der Waals surface area contributed by atoms with E-state index in [1.54, 1.807) is 0 Å². The minimum Gasteiger partial charge on any atom is -0.480 e. The molecule has 1 amide bonds. The van der Waals surface area contributed by atoms with Crippen molar-refractivity contribution in [1.82, 2.24) is 5.32 Å². The Morgan fingerprint density at radius 3 is 2.08 bits per heavy atom. The van der Waals surface area contributed by atoms with E-state index in [0.29, 0.717) is 12.8 Å². The van der Waals surface area contributed by atoms with Crippen LogP contribution < -0.4 is 11.1 Å². The van der Waals surface area contributed by atoms with Crippen molar-refractivity contribution in [3.05, 3.63) is 70.8 Å². The Bertz CT molecular complexity index is 1280. The number of aliphatic carboxylic acids is 1. The van der Waals surface area contributed by atoms with Gasteiger partial charge in [0.05, 0.1) is 5.57 Å². The van der Waals surface area contributed by atoms with E-state index < -0.39 is 23.0 Å². The van der Waals surface area contributed by atoms with Gasteiger partial charge in [0.25, 0.3) is 0 Å². The lowest BCUT2D eigenvalue weighted by atomic mass is 9.70. The average molecular weight is 533 g/mol. The number of carboxylic acids is 1. The minimum absolute atomic E-state index is 0.0218. The third kappa shape index (κ3) is 5.81. The van der Waals surface area contributed by atoms with Gasteiger partial charge >= 0.3 is 12.1 Å². The molecule has 8 nitrogen and oxygen atoms in total. The standard InChI is InChI=1S/C31H36N2O6/c1-19(27-25(34)16-30(2,3)17-26(27)35)31(32,28(36)37)14-8-9-15-33-29(38)39-18-24-22-12-6-4-10-20(22)21-11-5-7-13-23(21)24/h4-7,10-13,24H,8-9,14-18,32H2,1-3H3,(H,33,38)(H,36,37)/t31-/m1/s1. The number of nitrogens with two attached hydrogens (primary N) is 1. The number of unbranched alkanes of at least 4 members (excludes halogenated alkanes) is 1. The van der Waals surface area contributed by atoms with E-state index in [1.165, 1.54) is 6.92 Å². The van der Waals surface area contributed by atoms with Gasteiger partial charge in [-0.05, 0) is 59.4 Å². The van der Waals surface area contributed by atoms with Crippen LogP contribution in [0.2, 0.25) is 0 Å². The molecule has 1 fully saturated rings. The number of benzene rings is 2. The first-order valence-electron chi connectivity index (χ1n) is 13.3. The first kappa shape index (κ1) is 28.2. The van der Waals surface area contributed by atoms with Crippen molar-refractivity contribution in [2.75, 3.05) is 13.2 Å². The van der Waals surface area contributed by atoms with Gasteiger partial charge in [-0.3, -0.25) is 9.59 Å². The zero-order chi connectivity index (χ0) is 28.4. The summed E-state index contributed by atoms with van der Waals surface area (Å²) in [4.78, 5) is 49.9. The first-order chi connectivity index (χ1) is 18.4. The van der Waals surface area contributed by atoms with Gasteiger partial charge in [-0.25, -0.2) is 9.59 Å². The maximum atomic E-state index is 12.7. The van der Waals surface area contributed by atoms with Crippen molar-refractivity contribution < 1.29 is 29.0 Å². The number of carbonyl (C=O) groups excluding carboxylic acids is 3. The molecule has 1 saturated carbocycles. The molecule has 39 heavy (non-hydrogen) atoms. The smallest absolute Gasteiger partial charge is 0.407 e. The highest BCUT2D eigenvalue weighted by molar-refractivity contribution is 6.23. The zero-order valence-corrected chi connectivity index (χ0v) is 22.7. The molecule has 2 aromatic carbocycles. The van der Waals surface area contributed by atoms with Crippen LogP contribution in [0.1, 0.15) is 69.9 Å². The van der Waals surface area contributed by atoms with Gasteiger partial charge in [0.1, 0.15) is 12.1 Å². The summed E-state index contributed by atoms with van der Waals surface area (Å²) in [7, 11) is 0. The molecule has 2 aliphatic carbocycles. The Kier molecular flexibility index (Phi) is 8.07. The molecular formula is C31H36N2O6. The summed E-state index contributed by atoms with van der Waals surface area (Å²) < 4.78 is 5.53. The van der Waals surface area contributed by atoms with E-state index in [4.69, 9.17) is 10.5 Å². The highest BCUT2D eigenvalue weighted by atomic mass is 16.5. The fourth-order valence-electron chi connectivity index (χ4n) is 5.73. The van der Waals surface area contributed by atoms with Crippen LogP contribution >= 0.6 is 0 Å². The fourth-order valence-corrected chi connectivity index (χ4v) is 5.73. The van der Waals surface area contributed by atoms with Gasteiger partial charge in [0.2, 0.25) is 0 Å². The third-order valence-electron chi connectivity index (χ3n) is 7.87. The summed E-state index contributed by atoms with van der Waals surface area (Å²) in [6, 6.07) is 16.2. The van der Waals surface area contributed by atoms with E-state index in [9.17, 15) is 24.3 Å². The van der Waals surface area contributed by atoms with Gasteiger partial charge in [-0.15, -0.1) is 0 Å². The number of nitrogens with one attached hydrogen (secondary N) is 1. The predicted molar refractivity (Wildman–Crippen MR) is 147 cm³/mol.